The van der Waals surface area contributed by atoms with Gasteiger partial charge in [0, 0.05) is 5.56 Å². The smallest absolute Gasteiger partial charge is 0.340 e. The largest absolute Gasteiger partial charge is 0.493 e. The van der Waals surface area contributed by atoms with E-state index >= 15 is 0 Å². The molecule has 6 nitrogen and oxygen atoms in total. The second kappa shape index (κ2) is 6.23. The third-order valence-electron chi connectivity index (χ3n) is 3.97. The molecule has 1 heterocycles. The molecule has 6 heteroatoms. The van der Waals surface area contributed by atoms with Crippen molar-refractivity contribution in [1.29, 1.82) is 0 Å². The Morgan fingerprint density at radius 2 is 1.92 bits per heavy atom. The van der Waals surface area contributed by atoms with Gasteiger partial charge >= 0.3 is 5.97 Å². The molecule has 0 saturated carbocycles. The Hall–Kier alpha value is -3.02. The Morgan fingerprint density at radius 3 is 2.58 bits per heavy atom. The average Bonchev–Trinajstić information content (AvgIpc) is 2.60. The van der Waals surface area contributed by atoms with Gasteiger partial charge in [-0.15, -0.1) is 0 Å². The molecule has 1 aliphatic rings. The summed E-state index contributed by atoms with van der Waals surface area (Å²) in [5, 5.41) is 9.61. The van der Waals surface area contributed by atoms with E-state index in [-0.39, 0.29) is 23.5 Å². The maximum Gasteiger partial charge on any atom is 0.340 e. The molecule has 0 amide bonds. The fourth-order valence-corrected chi connectivity index (χ4v) is 2.88. The third-order valence-corrected chi connectivity index (χ3v) is 3.97. The first-order valence-electron chi connectivity index (χ1n) is 7.33. The highest BCUT2D eigenvalue weighted by molar-refractivity contribution is 6.00. The van der Waals surface area contributed by atoms with Gasteiger partial charge in [-0.25, -0.2) is 4.79 Å². The number of rotatable bonds is 4. The summed E-state index contributed by atoms with van der Waals surface area (Å²) in [5.41, 5.74) is 0.822. The van der Waals surface area contributed by atoms with Crippen LogP contribution >= 0.6 is 0 Å². The summed E-state index contributed by atoms with van der Waals surface area (Å²) in [7, 11) is 2.80. The average molecular weight is 328 g/mol. The monoisotopic (exact) mass is 328 g/mol. The Kier molecular flexibility index (Phi) is 4.12. The van der Waals surface area contributed by atoms with E-state index in [0.717, 1.165) is 0 Å². The maximum absolute atomic E-state index is 12.3. The third kappa shape index (κ3) is 2.56. The van der Waals surface area contributed by atoms with Crippen LogP contribution in [0.2, 0.25) is 0 Å². The molecule has 0 aromatic heterocycles. The van der Waals surface area contributed by atoms with E-state index in [9.17, 15) is 14.7 Å². The SMILES string of the molecule is COc1ccc(C2CC(=O)c3ccccc3O2)c(C(=O)O)c1OC. The Morgan fingerprint density at radius 1 is 1.17 bits per heavy atom. The van der Waals surface area contributed by atoms with Gasteiger partial charge in [0.25, 0.3) is 0 Å². The number of ketones is 1. The first kappa shape index (κ1) is 15.9. The fourth-order valence-electron chi connectivity index (χ4n) is 2.88. The van der Waals surface area contributed by atoms with E-state index < -0.39 is 12.1 Å². The predicted molar refractivity (Wildman–Crippen MR) is 85.3 cm³/mol. The van der Waals surface area contributed by atoms with Crippen LogP contribution in [0.3, 0.4) is 0 Å². The van der Waals surface area contributed by atoms with Gasteiger partial charge in [-0.1, -0.05) is 18.2 Å². The van der Waals surface area contributed by atoms with Crippen molar-refractivity contribution in [3.05, 3.63) is 53.1 Å². The van der Waals surface area contributed by atoms with Crippen molar-refractivity contribution in [3.63, 3.8) is 0 Å². The molecule has 1 unspecified atom stereocenters. The number of methoxy groups -OCH3 is 2. The lowest BCUT2D eigenvalue weighted by atomic mass is 9.92. The number of fused-ring (bicyclic) bond motifs is 1. The molecule has 0 spiro atoms. The number of hydrogen-bond acceptors (Lipinski definition) is 5. The lowest BCUT2D eigenvalue weighted by Crippen LogP contribution is -2.22. The van der Waals surface area contributed by atoms with Gasteiger partial charge in [0.05, 0.1) is 26.2 Å². The van der Waals surface area contributed by atoms with Crippen LogP contribution in [0.1, 0.15) is 38.8 Å². The molecule has 124 valence electrons. The molecule has 24 heavy (non-hydrogen) atoms. The van der Waals surface area contributed by atoms with Crippen molar-refractivity contribution in [1.82, 2.24) is 0 Å². The quantitative estimate of drug-likeness (QED) is 0.928. The minimum atomic E-state index is -1.17. The van der Waals surface area contributed by atoms with E-state index in [4.69, 9.17) is 14.2 Å². The highest BCUT2D eigenvalue weighted by Gasteiger charge is 2.32. The normalized spacial score (nSPS) is 16.1. The number of aromatic carboxylic acids is 1. The second-order valence-corrected chi connectivity index (χ2v) is 5.30. The molecule has 0 aliphatic carbocycles. The summed E-state index contributed by atoms with van der Waals surface area (Å²) in [6.45, 7) is 0. The standard InChI is InChI=1S/C18H16O6/c1-22-14-8-7-11(16(18(20)21)17(14)23-2)15-9-12(19)10-5-3-4-6-13(10)24-15/h3-8,15H,9H2,1-2H3,(H,20,21). The molecule has 0 radical (unpaired) electrons. The van der Waals surface area contributed by atoms with Crippen molar-refractivity contribution in [3.8, 4) is 17.2 Å². The number of ether oxygens (including phenoxy) is 3. The van der Waals surface area contributed by atoms with Crippen LogP contribution in [0.5, 0.6) is 17.2 Å². The van der Waals surface area contributed by atoms with Crippen LogP contribution in [0.4, 0.5) is 0 Å². The van der Waals surface area contributed by atoms with E-state index in [2.05, 4.69) is 0 Å². The molecule has 0 fully saturated rings. The lowest BCUT2D eigenvalue weighted by molar-refractivity contribution is 0.0677. The van der Waals surface area contributed by atoms with Gasteiger partial charge in [0.1, 0.15) is 17.4 Å². The number of carboxylic acids is 1. The maximum atomic E-state index is 12.3. The molecule has 2 aromatic carbocycles. The van der Waals surface area contributed by atoms with E-state index in [1.165, 1.54) is 14.2 Å². The molecule has 0 saturated heterocycles. The second-order valence-electron chi connectivity index (χ2n) is 5.30. The van der Waals surface area contributed by atoms with Crippen LogP contribution < -0.4 is 14.2 Å². The molecular weight excluding hydrogens is 312 g/mol. The summed E-state index contributed by atoms with van der Waals surface area (Å²) in [6.07, 6.45) is -0.634. The number of hydrogen-bond donors (Lipinski definition) is 1. The molecule has 1 aliphatic heterocycles. The zero-order chi connectivity index (χ0) is 17.3. The first-order valence-corrected chi connectivity index (χ1v) is 7.33. The molecular formula is C18H16O6. The highest BCUT2D eigenvalue weighted by Crippen LogP contribution is 2.41. The van der Waals surface area contributed by atoms with E-state index in [1.54, 1.807) is 36.4 Å². The van der Waals surface area contributed by atoms with Crippen LogP contribution in [-0.2, 0) is 0 Å². The molecule has 3 rings (SSSR count). The van der Waals surface area contributed by atoms with E-state index in [1.807, 2.05) is 0 Å². The number of Topliss-reactive ketones (excluding diaryl/α,β-unsaturated/α-hetero) is 1. The molecule has 1 atom stereocenters. The van der Waals surface area contributed by atoms with Crippen LogP contribution in [-0.4, -0.2) is 31.1 Å². The van der Waals surface area contributed by atoms with Crippen LogP contribution in [0, 0.1) is 0 Å². The van der Waals surface area contributed by atoms with Gasteiger partial charge < -0.3 is 19.3 Å². The first-order chi connectivity index (χ1) is 11.6. The number of para-hydroxylation sites is 1. The van der Waals surface area contributed by atoms with Crippen LogP contribution in [0.25, 0.3) is 0 Å². The van der Waals surface area contributed by atoms with Crippen molar-refractivity contribution in [2.45, 2.75) is 12.5 Å². The molecule has 2 aromatic rings. The highest BCUT2D eigenvalue weighted by atomic mass is 16.5. The van der Waals surface area contributed by atoms with Gasteiger partial charge in [-0.3, -0.25) is 4.79 Å². The summed E-state index contributed by atoms with van der Waals surface area (Å²) in [5.74, 6) is -0.396. The summed E-state index contributed by atoms with van der Waals surface area (Å²) < 4.78 is 16.2. The van der Waals surface area contributed by atoms with E-state index in [0.29, 0.717) is 22.6 Å². The number of carboxylic acid groups (broad SMARTS) is 1. The Balaban J connectivity index is 2.11. The number of carbonyl (C=O) groups is 2. The summed E-state index contributed by atoms with van der Waals surface area (Å²) in [4.78, 5) is 24.1. The molecule has 0 bridgehead atoms. The van der Waals surface area contributed by atoms with Gasteiger partial charge in [0.15, 0.2) is 17.3 Å². The van der Waals surface area contributed by atoms with Crippen molar-refractivity contribution in [2.75, 3.05) is 14.2 Å². The van der Waals surface area contributed by atoms with Crippen LogP contribution in [0.15, 0.2) is 36.4 Å². The van der Waals surface area contributed by atoms with Crippen molar-refractivity contribution >= 4 is 11.8 Å². The molecule has 1 N–H and O–H groups in total. The lowest BCUT2D eigenvalue weighted by Gasteiger charge is -2.27. The summed E-state index contributed by atoms with van der Waals surface area (Å²) in [6, 6.07) is 10.1. The topological polar surface area (TPSA) is 82.1 Å². The van der Waals surface area contributed by atoms with Crippen molar-refractivity contribution < 1.29 is 28.9 Å². The predicted octanol–water partition coefficient (Wildman–Crippen LogP) is 3.11. The Bertz CT molecular complexity index is 811. The Labute approximate surface area is 138 Å². The number of carbonyl (C=O) groups excluding carboxylic acids is 1. The van der Waals surface area contributed by atoms with Gasteiger partial charge in [-0.2, -0.15) is 0 Å². The fraction of sp³-hybridized carbons (Fsp3) is 0.222. The zero-order valence-corrected chi connectivity index (χ0v) is 13.2. The minimum Gasteiger partial charge on any atom is -0.493 e. The van der Waals surface area contributed by atoms with Gasteiger partial charge in [0.2, 0.25) is 0 Å². The number of benzene rings is 2. The minimum absolute atomic E-state index is 0.0611. The van der Waals surface area contributed by atoms with Crippen molar-refractivity contribution in [2.24, 2.45) is 0 Å². The zero-order valence-electron chi connectivity index (χ0n) is 13.2. The van der Waals surface area contributed by atoms with Gasteiger partial charge in [-0.05, 0) is 18.2 Å². The summed E-state index contributed by atoms with van der Waals surface area (Å²) >= 11 is 0.